The van der Waals surface area contributed by atoms with Crippen LogP contribution < -0.4 is 0 Å². The molecular formula is C13H20O4S. The Morgan fingerprint density at radius 2 is 1.78 bits per heavy atom. The molecule has 0 aromatic rings. The Labute approximate surface area is 113 Å². The Balaban J connectivity index is 4.92. The largest absolute Gasteiger partial charge is 0.504 e. The minimum Gasteiger partial charge on any atom is -0.504 e. The van der Waals surface area contributed by atoms with Gasteiger partial charge in [0.25, 0.3) is 0 Å². The van der Waals surface area contributed by atoms with Crippen molar-refractivity contribution < 1.29 is 19.4 Å². The molecule has 0 radical (unpaired) electrons. The molecule has 0 rings (SSSR count). The number of rotatable bonds is 6. The van der Waals surface area contributed by atoms with E-state index >= 15 is 0 Å². The average molecular weight is 272 g/mol. The highest BCUT2D eigenvalue weighted by Gasteiger charge is 2.14. The number of ether oxygens (including phenoxy) is 2. The van der Waals surface area contributed by atoms with Crippen molar-refractivity contribution >= 4 is 23.2 Å². The monoisotopic (exact) mass is 272 g/mol. The lowest BCUT2D eigenvalue weighted by atomic mass is 10.0. The number of hydrogen-bond donors (Lipinski definition) is 1. The Morgan fingerprint density at radius 3 is 2.22 bits per heavy atom. The van der Waals surface area contributed by atoms with Gasteiger partial charge in [-0.3, -0.25) is 0 Å². The molecule has 0 aromatic carbocycles. The van der Waals surface area contributed by atoms with Gasteiger partial charge in [0.15, 0.2) is 5.76 Å². The van der Waals surface area contributed by atoms with Crippen LogP contribution in [0.5, 0.6) is 0 Å². The van der Waals surface area contributed by atoms with Crippen LogP contribution in [0.25, 0.3) is 0 Å². The van der Waals surface area contributed by atoms with E-state index in [9.17, 15) is 9.90 Å². The molecule has 0 fully saturated rings. The maximum atomic E-state index is 11.6. The van der Waals surface area contributed by atoms with Crippen LogP contribution in [-0.4, -0.2) is 29.3 Å². The summed E-state index contributed by atoms with van der Waals surface area (Å²) in [5.74, 6) is -0.568. The molecule has 0 aliphatic carbocycles. The van der Waals surface area contributed by atoms with Crippen LogP contribution >= 0.6 is 12.2 Å². The number of carbonyl (C=O) groups excluding carboxylic acids is 1. The van der Waals surface area contributed by atoms with Crippen LogP contribution in [0.2, 0.25) is 0 Å². The summed E-state index contributed by atoms with van der Waals surface area (Å²) >= 11 is 4.82. The zero-order valence-electron chi connectivity index (χ0n) is 11.2. The van der Waals surface area contributed by atoms with Crippen molar-refractivity contribution in [3.63, 3.8) is 0 Å². The van der Waals surface area contributed by atoms with Gasteiger partial charge < -0.3 is 14.6 Å². The number of allylic oxidation sites excluding steroid dienone is 2. The van der Waals surface area contributed by atoms with E-state index in [4.69, 9.17) is 21.7 Å². The molecule has 1 N–H and O–H groups in total. The summed E-state index contributed by atoms with van der Waals surface area (Å²) in [5.41, 5.74) is 0.475. The zero-order chi connectivity index (χ0) is 14.1. The molecule has 0 heterocycles. The van der Waals surface area contributed by atoms with Gasteiger partial charge in [0, 0.05) is 5.57 Å². The topological polar surface area (TPSA) is 55.8 Å². The van der Waals surface area contributed by atoms with Gasteiger partial charge in [0.1, 0.15) is 0 Å². The zero-order valence-corrected chi connectivity index (χ0v) is 12.0. The molecule has 0 saturated heterocycles. The fourth-order valence-corrected chi connectivity index (χ4v) is 1.34. The quantitative estimate of drug-likeness (QED) is 0.265. The highest BCUT2D eigenvalue weighted by Crippen LogP contribution is 2.12. The van der Waals surface area contributed by atoms with Crippen LogP contribution in [-0.2, 0) is 14.3 Å². The summed E-state index contributed by atoms with van der Waals surface area (Å²) in [6, 6.07) is 0. The van der Waals surface area contributed by atoms with Crippen molar-refractivity contribution in [1.82, 2.24) is 0 Å². The van der Waals surface area contributed by atoms with Crippen molar-refractivity contribution in [2.24, 2.45) is 5.92 Å². The van der Waals surface area contributed by atoms with E-state index in [1.807, 2.05) is 13.8 Å². The average Bonchev–Trinajstić information content (AvgIpc) is 2.29. The molecule has 0 bridgehead atoms. The number of thiocarbonyl (C=S) groups is 1. The van der Waals surface area contributed by atoms with Crippen LogP contribution in [0, 0.1) is 5.92 Å². The van der Waals surface area contributed by atoms with Crippen molar-refractivity contribution in [2.45, 2.75) is 27.7 Å². The molecule has 0 atom stereocenters. The third-order valence-corrected chi connectivity index (χ3v) is 2.37. The summed E-state index contributed by atoms with van der Waals surface area (Å²) in [6.07, 6.45) is 2.85. The van der Waals surface area contributed by atoms with Gasteiger partial charge >= 0.3 is 5.97 Å². The molecule has 102 valence electrons. The second kappa shape index (κ2) is 8.69. The summed E-state index contributed by atoms with van der Waals surface area (Å²) in [6.45, 7) is 7.95. The van der Waals surface area contributed by atoms with E-state index in [2.05, 4.69) is 0 Å². The van der Waals surface area contributed by atoms with Gasteiger partial charge in [-0.05, 0) is 44.1 Å². The third-order valence-electron chi connectivity index (χ3n) is 2.04. The van der Waals surface area contributed by atoms with Gasteiger partial charge in [0.05, 0.1) is 13.2 Å². The summed E-state index contributed by atoms with van der Waals surface area (Å²) in [5, 5.41) is 9.60. The molecule has 4 nitrogen and oxygen atoms in total. The fraction of sp³-hybridized carbons (Fsp3) is 0.538. The van der Waals surface area contributed by atoms with Gasteiger partial charge in [-0.25, -0.2) is 4.79 Å². The molecular weight excluding hydrogens is 252 g/mol. The van der Waals surface area contributed by atoms with Gasteiger partial charge in [-0.1, -0.05) is 13.8 Å². The Morgan fingerprint density at radius 1 is 1.22 bits per heavy atom. The Hall–Kier alpha value is -1.36. The maximum Gasteiger partial charge on any atom is 0.334 e. The van der Waals surface area contributed by atoms with E-state index in [0.717, 1.165) is 0 Å². The third kappa shape index (κ3) is 5.82. The smallest absolute Gasteiger partial charge is 0.334 e. The van der Waals surface area contributed by atoms with Crippen molar-refractivity contribution in [3.05, 3.63) is 23.5 Å². The molecule has 0 aliphatic rings. The highest BCUT2D eigenvalue weighted by atomic mass is 32.1. The molecule has 0 saturated carbocycles. The molecule has 0 amide bonds. The lowest BCUT2D eigenvalue weighted by Gasteiger charge is -2.09. The van der Waals surface area contributed by atoms with Crippen molar-refractivity contribution in [3.8, 4) is 0 Å². The Bertz CT molecular complexity index is 356. The number of hydrogen-bond acceptors (Lipinski definition) is 5. The molecule has 0 spiro atoms. The second-order valence-electron chi connectivity index (χ2n) is 3.77. The van der Waals surface area contributed by atoms with E-state index in [1.165, 1.54) is 12.2 Å². The normalized spacial score (nSPS) is 12.5. The summed E-state index contributed by atoms with van der Waals surface area (Å²) in [7, 11) is 0. The first-order valence-corrected chi connectivity index (χ1v) is 6.29. The Kier molecular flexibility index (Phi) is 8.03. The predicted molar refractivity (Wildman–Crippen MR) is 74.5 cm³/mol. The summed E-state index contributed by atoms with van der Waals surface area (Å²) in [4.78, 5) is 11.6. The first-order chi connectivity index (χ1) is 8.43. The molecule has 18 heavy (non-hydrogen) atoms. The second-order valence-corrected chi connectivity index (χ2v) is 4.14. The summed E-state index contributed by atoms with van der Waals surface area (Å²) < 4.78 is 9.90. The fourth-order valence-electron chi connectivity index (χ4n) is 1.15. The predicted octanol–water partition coefficient (Wildman–Crippen LogP) is 2.94. The van der Waals surface area contributed by atoms with E-state index < -0.39 is 0 Å². The van der Waals surface area contributed by atoms with Crippen LogP contribution in [0.15, 0.2) is 23.5 Å². The van der Waals surface area contributed by atoms with Crippen LogP contribution in [0.4, 0.5) is 0 Å². The lowest BCUT2D eigenvalue weighted by Crippen LogP contribution is -2.12. The number of aliphatic hydroxyl groups excluding tert-OH is 1. The standard InChI is InChI=1S/C13H20O4S/c1-5-16-12(15)10(9(3)4)7-8-11(14)13(18)17-6-2/h7-9,14H,5-6H2,1-4H3. The number of carbonyl (C=O) groups is 1. The molecule has 0 aliphatic heterocycles. The first kappa shape index (κ1) is 16.6. The minimum atomic E-state index is -0.390. The highest BCUT2D eigenvalue weighted by molar-refractivity contribution is 7.80. The maximum absolute atomic E-state index is 11.6. The molecule has 0 aromatic heterocycles. The van der Waals surface area contributed by atoms with Crippen molar-refractivity contribution in [2.75, 3.05) is 13.2 Å². The van der Waals surface area contributed by atoms with Gasteiger partial charge in [0.2, 0.25) is 5.05 Å². The SMILES string of the molecule is CCOC(=O)C(=CC=C(O)C(=S)OCC)C(C)C. The molecule has 5 heteroatoms. The van der Waals surface area contributed by atoms with E-state index in [1.54, 1.807) is 13.8 Å². The van der Waals surface area contributed by atoms with E-state index in [0.29, 0.717) is 18.8 Å². The number of aliphatic hydroxyl groups is 1. The minimum absolute atomic E-state index is 0.00577. The van der Waals surface area contributed by atoms with Crippen LogP contribution in [0.3, 0.4) is 0 Å². The number of esters is 1. The van der Waals surface area contributed by atoms with Crippen molar-refractivity contribution in [1.29, 1.82) is 0 Å². The first-order valence-electron chi connectivity index (χ1n) is 5.89. The van der Waals surface area contributed by atoms with Gasteiger partial charge in [-0.2, -0.15) is 0 Å². The van der Waals surface area contributed by atoms with Crippen LogP contribution in [0.1, 0.15) is 27.7 Å². The molecule has 0 unspecified atom stereocenters. The van der Waals surface area contributed by atoms with Gasteiger partial charge in [-0.15, -0.1) is 0 Å². The lowest BCUT2D eigenvalue weighted by molar-refractivity contribution is -0.139. The van der Waals surface area contributed by atoms with E-state index in [-0.39, 0.29) is 22.7 Å².